The van der Waals surface area contributed by atoms with E-state index in [-0.39, 0.29) is 6.04 Å². The Hall–Kier alpha value is -2.07. The number of hydrogen-bond acceptors (Lipinski definition) is 4. The van der Waals surface area contributed by atoms with Gasteiger partial charge in [0.1, 0.15) is 0 Å². The molecule has 1 aromatic carbocycles. The Kier molecular flexibility index (Phi) is 5.17. The van der Waals surface area contributed by atoms with Crippen LogP contribution in [0, 0.1) is 6.92 Å². The quantitative estimate of drug-likeness (QED) is 0.886. The Labute approximate surface area is 126 Å². The van der Waals surface area contributed by atoms with Crippen molar-refractivity contribution in [3.8, 4) is 5.88 Å². The van der Waals surface area contributed by atoms with Crippen LogP contribution in [-0.4, -0.2) is 25.2 Å². The topological polar surface area (TPSA) is 51.4 Å². The van der Waals surface area contributed by atoms with Gasteiger partial charge in [0.15, 0.2) is 0 Å². The minimum absolute atomic E-state index is 0.106. The maximum Gasteiger partial charge on any atom is 0.212 e. The van der Waals surface area contributed by atoms with Crippen molar-refractivity contribution in [2.45, 2.75) is 19.9 Å². The highest BCUT2D eigenvalue weighted by atomic mass is 16.5. The van der Waals surface area contributed by atoms with Gasteiger partial charge in [0.2, 0.25) is 5.88 Å². The second-order valence-corrected chi connectivity index (χ2v) is 4.96. The van der Waals surface area contributed by atoms with Gasteiger partial charge in [-0.1, -0.05) is 24.3 Å². The molecule has 0 saturated heterocycles. The predicted octanol–water partition coefficient (Wildman–Crippen LogP) is 2.92. The fraction of sp³-hybridized carbons (Fsp3) is 0.353. The number of anilines is 1. The first-order valence-electron chi connectivity index (χ1n) is 7.23. The molecule has 1 unspecified atom stereocenters. The van der Waals surface area contributed by atoms with Crippen LogP contribution in [0.15, 0.2) is 42.6 Å². The smallest absolute Gasteiger partial charge is 0.212 e. The van der Waals surface area contributed by atoms with Crippen LogP contribution in [0.4, 0.5) is 5.69 Å². The van der Waals surface area contributed by atoms with Gasteiger partial charge in [0.25, 0.3) is 0 Å². The van der Waals surface area contributed by atoms with E-state index in [1.54, 1.807) is 7.11 Å². The molecule has 0 amide bonds. The molecule has 1 atom stereocenters. The molecule has 2 N–H and O–H groups in total. The number of hydrogen-bond donors (Lipinski definition) is 1. The highest BCUT2D eigenvalue weighted by Gasteiger charge is 2.19. The van der Waals surface area contributed by atoms with Crippen LogP contribution >= 0.6 is 0 Å². The molecule has 2 rings (SSSR count). The predicted molar refractivity (Wildman–Crippen MR) is 86.8 cm³/mol. The largest absolute Gasteiger partial charge is 0.481 e. The van der Waals surface area contributed by atoms with Crippen molar-refractivity contribution >= 4 is 5.69 Å². The van der Waals surface area contributed by atoms with E-state index in [2.05, 4.69) is 48.0 Å². The van der Waals surface area contributed by atoms with E-state index in [0.717, 1.165) is 12.1 Å². The summed E-state index contributed by atoms with van der Waals surface area (Å²) in [5, 5.41) is 0. The third-order valence-corrected chi connectivity index (χ3v) is 3.72. The van der Waals surface area contributed by atoms with Crippen LogP contribution in [0.3, 0.4) is 0 Å². The summed E-state index contributed by atoms with van der Waals surface area (Å²) < 4.78 is 5.12. The van der Waals surface area contributed by atoms with Gasteiger partial charge in [-0.25, -0.2) is 4.98 Å². The summed E-state index contributed by atoms with van der Waals surface area (Å²) in [6, 6.07) is 12.4. The molecule has 0 aliphatic rings. The average molecular weight is 285 g/mol. The van der Waals surface area contributed by atoms with Gasteiger partial charge in [-0.2, -0.15) is 0 Å². The molecule has 0 radical (unpaired) electrons. The third kappa shape index (κ3) is 3.34. The van der Waals surface area contributed by atoms with Gasteiger partial charge < -0.3 is 15.4 Å². The summed E-state index contributed by atoms with van der Waals surface area (Å²) in [5.41, 5.74) is 9.60. The van der Waals surface area contributed by atoms with Crippen LogP contribution in [0.5, 0.6) is 5.88 Å². The number of nitrogens with two attached hydrogens (primary N) is 1. The summed E-state index contributed by atoms with van der Waals surface area (Å²) in [5.74, 6) is 0.619. The number of likely N-dealkylation sites (N-methyl/N-ethyl adjacent to an activating group) is 1. The maximum atomic E-state index is 6.04. The van der Waals surface area contributed by atoms with Crippen molar-refractivity contribution in [3.05, 3.63) is 53.7 Å². The zero-order chi connectivity index (χ0) is 15.2. The minimum atomic E-state index is 0.106. The number of rotatable bonds is 6. The molecule has 0 aliphatic carbocycles. The van der Waals surface area contributed by atoms with E-state index < -0.39 is 0 Å². The molecule has 1 heterocycles. The van der Waals surface area contributed by atoms with Crippen molar-refractivity contribution in [2.24, 2.45) is 5.73 Å². The normalized spacial score (nSPS) is 12.0. The van der Waals surface area contributed by atoms with Gasteiger partial charge in [-0.3, -0.25) is 0 Å². The van der Waals surface area contributed by atoms with Crippen molar-refractivity contribution in [3.63, 3.8) is 0 Å². The van der Waals surface area contributed by atoms with Gasteiger partial charge in [-0.15, -0.1) is 0 Å². The highest BCUT2D eigenvalue weighted by molar-refractivity contribution is 5.54. The van der Waals surface area contributed by atoms with Crippen LogP contribution in [0.1, 0.15) is 24.1 Å². The number of aryl methyl sites for hydroxylation is 1. The first kappa shape index (κ1) is 15.3. The molecule has 21 heavy (non-hydrogen) atoms. The standard InChI is InChI=1S/C17H23N3O/c1-4-20(15-8-6-5-7-13(15)2)16(11-18)14-9-10-17(21-3)19-12-14/h5-10,12,16H,4,11,18H2,1-3H3. The van der Waals surface area contributed by atoms with Gasteiger partial charge in [0, 0.05) is 31.0 Å². The highest BCUT2D eigenvalue weighted by Crippen LogP contribution is 2.29. The fourth-order valence-electron chi connectivity index (χ4n) is 2.60. The number of ether oxygens (including phenoxy) is 1. The van der Waals surface area contributed by atoms with E-state index in [4.69, 9.17) is 10.5 Å². The van der Waals surface area contributed by atoms with Crippen LogP contribution in [0.2, 0.25) is 0 Å². The minimum Gasteiger partial charge on any atom is -0.481 e. The Morgan fingerprint density at radius 1 is 1.24 bits per heavy atom. The van der Waals surface area contributed by atoms with E-state index in [9.17, 15) is 0 Å². The number of benzene rings is 1. The van der Waals surface area contributed by atoms with Crippen molar-refractivity contribution < 1.29 is 4.74 Å². The molecule has 0 spiro atoms. The molecule has 0 aliphatic heterocycles. The Morgan fingerprint density at radius 3 is 2.52 bits per heavy atom. The average Bonchev–Trinajstić information content (AvgIpc) is 2.54. The molecule has 4 nitrogen and oxygen atoms in total. The fourth-order valence-corrected chi connectivity index (χ4v) is 2.60. The summed E-state index contributed by atoms with van der Waals surface area (Å²) >= 11 is 0. The molecule has 2 aromatic rings. The Balaban J connectivity index is 2.35. The maximum absolute atomic E-state index is 6.04. The summed E-state index contributed by atoms with van der Waals surface area (Å²) in [7, 11) is 1.62. The van der Waals surface area contributed by atoms with Crippen molar-refractivity contribution in [1.82, 2.24) is 4.98 Å². The lowest BCUT2D eigenvalue weighted by Crippen LogP contribution is -2.34. The molecular weight excluding hydrogens is 262 g/mol. The van der Waals surface area contributed by atoms with E-state index in [1.807, 2.05) is 18.3 Å². The third-order valence-electron chi connectivity index (χ3n) is 3.72. The SMILES string of the molecule is CCN(c1ccccc1C)C(CN)c1ccc(OC)nc1. The Bertz CT molecular complexity index is 569. The van der Waals surface area contributed by atoms with Crippen LogP contribution < -0.4 is 15.4 Å². The molecule has 0 bridgehead atoms. The molecule has 4 heteroatoms. The first-order chi connectivity index (χ1) is 10.2. The van der Waals surface area contributed by atoms with Crippen molar-refractivity contribution in [2.75, 3.05) is 25.1 Å². The lowest BCUT2D eigenvalue weighted by molar-refractivity contribution is 0.397. The first-order valence-corrected chi connectivity index (χ1v) is 7.23. The van der Waals surface area contributed by atoms with Crippen molar-refractivity contribution in [1.29, 1.82) is 0 Å². The second-order valence-electron chi connectivity index (χ2n) is 4.96. The zero-order valence-corrected chi connectivity index (χ0v) is 12.9. The molecule has 1 aromatic heterocycles. The number of pyridine rings is 1. The van der Waals surface area contributed by atoms with Crippen LogP contribution in [0.25, 0.3) is 0 Å². The zero-order valence-electron chi connectivity index (χ0n) is 12.9. The number of aromatic nitrogens is 1. The second kappa shape index (κ2) is 7.09. The lowest BCUT2D eigenvalue weighted by Gasteiger charge is -2.33. The Morgan fingerprint density at radius 2 is 2.00 bits per heavy atom. The summed E-state index contributed by atoms with van der Waals surface area (Å²) in [6.07, 6.45) is 1.84. The van der Waals surface area contributed by atoms with E-state index in [1.165, 1.54) is 11.3 Å². The van der Waals surface area contributed by atoms with E-state index in [0.29, 0.717) is 12.4 Å². The van der Waals surface area contributed by atoms with Crippen LogP contribution in [-0.2, 0) is 0 Å². The number of nitrogens with zero attached hydrogens (tertiary/aromatic N) is 2. The number of para-hydroxylation sites is 1. The number of methoxy groups -OCH3 is 1. The summed E-state index contributed by atoms with van der Waals surface area (Å²) in [4.78, 5) is 6.61. The molecule has 112 valence electrons. The molecule has 0 saturated carbocycles. The molecule has 0 fully saturated rings. The van der Waals surface area contributed by atoms with Gasteiger partial charge in [0.05, 0.1) is 13.2 Å². The van der Waals surface area contributed by atoms with Gasteiger partial charge in [-0.05, 0) is 31.0 Å². The lowest BCUT2D eigenvalue weighted by atomic mass is 10.0. The monoisotopic (exact) mass is 285 g/mol. The van der Waals surface area contributed by atoms with Gasteiger partial charge >= 0.3 is 0 Å². The summed E-state index contributed by atoms with van der Waals surface area (Å²) in [6.45, 7) is 5.69. The van der Waals surface area contributed by atoms with E-state index >= 15 is 0 Å². The molecular formula is C17H23N3O.